The van der Waals surface area contributed by atoms with Crippen molar-refractivity contribution < 1.29 is 14.3 Å². The van der Waals surface area contributed by atoms with Crippen molar-refractivity contribution in [1.29, 1.82) is 5.26 Å². The Kier molecular flexibility index (Phi) is 20.9. The second-order valence-electron chi connectivity index (χ2n) is 2.93. The summed E-state index contributed by atoms with van der Waals surface area (Å²) in [7, 11) is 0. The highest BCUT2D eigenvalue weighted by Gasteiger charge is 1.93. The molecule has 0 bridgehead atoms. The largest absolute Gasteiger partial charge is 0.394 e. The van der Waals surface area contributed by atoms with Crippen LogP contribution in [0.15, 0.2) is 0 Å². The summed E-state index contributed by atoms with van der Waals surface area (Å²) in [5, 5.41) is 7.32. The molecule has 0 aromatic rings. The molecule has 0 spiro atoms. The molecule has 0 aliphatic carbocycles. The highest BCUT2D eigenvalue weighted by Crippen LogP contribution is 1.81. The minimum absolute atomic E-state index is 0.562. The van der Waals surface area contributed by atoms with E-state index >= 15 is 0 Å². The van der Waals surface area contributed by atoms with Gasteiger partial charge in [-0.05, 0) is 19.6 Å². The van der Waals surface area contributed by atoms with Crippen LogP contribution in [0.5, 0.6) is 0 Å². The lowest BCUT2D eigenvalue weighted by Crippen LogP contribution is -2.21. The summed E-state index contributed by atoms with van der Waals surface area (Å²) < 4.78 is 3.97. The number of hydrogen-bond acceptors (Lipinski definition) is 5. The summed E-state index contributed by atoms with van der Waals surface area (Å²) in [5.41, 5.74) is 0. The zero-order valence-electron chi connectivity index (χ0n) is 11.7. The van der Waals surface area contributed by atoms with Crippen molar-refractivity contribution >= 4 is 11.9 Å². The van der Waals surface area contributed by atoms with Gasteiger partial charge in [-0.3, -0.25) is 9.59 Å². The number of hydrogen-bond donors (Lipinski definition) is 0. The van der Waals surface area contributed by atoms with Crippen molar-refractivity contribution in [3.8, 4) is 6.07 Å². The molecule has 0 aliphatic rings. The first-order chi connectivity index (χ1) is 7.89. The van der Waals surface area contributed by atoms with E-state index in [4.69, 9.17) is 5.26 Å². The minimum Gasteiger partial charge on any atom is -0.394 e. The standard InChI is InChI=1S/C6H15N.C4H6O3.C2H3N/c1-4-7(5-2)6-3;1-3(5)7-4(2)6;1-2-3/h4-6H2,1-3H3;1-2H3;1H3. The lowest BCUT2D eigenvalue weighted by Gasteiger charge is -2.13. The Hall–Kier alpha value is -1.41. The first-order valence-corrected chi connectivity index (χ1v) is 5.61. The molecule has 0 unspecified atom stereocenters. The van der Waals surface area contributed by atoms with Gasteiger partial charge in [0.05, 0.1) is 6.07 Å². The molecule has 0 aromatic carbocycles. The Balaban J connectivity index is -0.000000188. The maximum absolute atomic E-state index is 9.81. The van der Waals surface area contributed by atoms with Gasteiger partial charge < -0.3 is 9.64 Å². The zero-order chi connectivity index (χ0) is 14.3. The maximum Gasteiger partial charge on any atom is 0.310 e. The van der Waals surface area contributed by atoms with E-state index in [2.05, 4.69) is 30.4 Å². The number of ether oxygens (including phenoxy) is 1. The van der Waals surface area contributed by atoms with Gasteiger partial charge in [0.2, 0.25) is 0 Å². The molecular formula is C12H24N2O3. The van der Waals surface area contributed by atoms with Crippen LogP contribution in [0.2, 0.25) is 0 Å². The smallest absolute Gasteiger partial charge is 0.310 e. The van der Waals surface area contributed by atoms with Crippen LogP contribution in [0.1, 0.15) is 41.5 Å². The molecule has 0 aliphatic heterocycles. The molecule has 0 N–H and O–H groups in total. The lowest BCUT2D eigenvalue weighted by molar-refractivity contribution is -0.156. The second kappa shape index (κ2) is 17.0. The Morgan fingerprint density at radius 2 is 1.29 bits per heavy atom. The predicted molar refractivity (Wildman–Crippen MR) is 67.2 cm³/mol. The summed E-state index contributed by atoms with van der Waals surface area (Å²) in [6.45, 7) is 13.9. The quantitative estimate of drug-likeness (QED) is 0.560. The lowest BCUT2D eigenvalue weighted by atomic mass is 10.5. The van der Waals surface area contributed by atoms with Crippen molar-refractivity contribution in [2.75, 3.05) is 19.6 Å². The van der Waals surface area contributed by atoms with Gasteiger partial charge in [-0.2, -0.15) is 5.26 Å². The van der Waals surface area contributed by atoms with Crippen LogP contribution in [0.4, 0.5) is 0 Å². The molecule has 0 heterocycles. The first-order valence-electron chi connectivity index (χ1n) is 5.61. The average Bonchev–Trinajstić information content (AvgIpc) is 2.20. The van der Waals surface area contributed by atoms with Gasteiger partial charge in [0, 0.05) is 20.8 Å². The molecule has 0 aromatic heterocycles. The fraction of sp³-hybridized carbons (Fsp3) is 0.750. The minimum atomic E-state index is -0.562. The van der Waals surface area contributed by atoms with Gasteiger partial charge in [0.1, 0.15) is 0 Å². The third kappa shape index (κ3) is 31.3. The van der Waals surface area contributed by atoms with Crippen molar-refractivity contribution in [2.24, 2.45) is 0 Å². The fourth-order valence-electron chi connectivity index (χ4n) is 0.873. The molecule has 0 radical (unpaired) electrons. The summed E-state index contributed by atoms with van der Waals surface area (Å²) in [6.07, 6.45) is 0. The molecule has 0 saturated carbocycles. The average molecular weight is 244 g/mol. The van der Waals surface area contributed by atoms with E-state index in [-0.39, 0.29) is 0 Å². The molecule has 0 amide bonds. The van der Waals surface area contributed by atoms with Crippen LogP contribution in [0.25, 0.3) is 0 Å². The number of nitrogens with zero attached hydrogens (tertiary/aromatic N) is 2. The maximum atomic E-state index is 9.81. The van der Waals surface area contributed by atoms with Gasteiger partial charge >= 0.3 is 11.9 Å². The first kappa shape index (κ1) is 20.9. The van der Waals surface area contributed by atoms with Gasteiger partial charge in [-0.25, -0.2) is 0 Å². The van der Waals surface area contributed by atoms with Crippen LogP contribution in [0.3, 0.4) is 0 Å². The highest BCUT2D eigenvalue weighted by atomic mass is 16.6. The Labute approximate surface area is 104 Å². The van der Waals surface area contributed by atoms with E-state index in [1.165, 1.54) is 40.4 Å². The van der Waals surface area contributed by atoms with Gasteiger partial charge in [-0.1, -0.05) is 20.8 Å². The van der Waals surface area contributed by atoms with Crippen molar-refractivity contribution in [3.05, 3.63) is 0 Å². The number of esters is 2. The fourth-order valence-corrected chi connectivity index (χ4v) is 0.873. The molecule has 0 saturated heterocycles. The van der Waals surface area contributed by atoms with Crippen LogP contribution in [-0.2, 0) is 14.3 Å². The van der Waals surface area contributed by atoms with Gasteiger partial charge in [-0.15, -0.1) is 0 Å². The number of carbonyl (C=O) groups excluding carboxylic acids is 2. The third-order valence-electron chi connectivity index (χ3n) is 1.63. The summed E-state index contributed by atoms with van der Waals surface area (Å²) in [5.74, 6) is -1.12. The van der Waals surface area contributed by atoms with E-state index in [1.54, 1.807) is 6.07 Å². The summed E-state index contributed by atoms with van der Waals surface area (Å²) in [4.78, 5) is 22.0. The van der Waals surface area contributed by atoms with Gasteiger partial charge in [0.25, 0.3) is 0 Å². The molecule has 5 heteroatoms. The van der Waals surface area contributed by atoms with E-state index in [1.807, 2.05) is 0 Å². The Morgan fingerprint density at radius 3 is 1.29 bits per heavy atom. The topological polar surface area (TPSA) is 70.4 Å². The molecule has 0 atom stereocenters. The number of carbonyl (C=O) groups is 2. The third-order valence-corrected chi connectivity index (χ3v) is 1.63. The normalized spacial score (nSPS) is 7.88. The molecule has 5 nitrogen and oxygen atoms in total. The zero-order valence-corrected chi connectivity index (χ0v) is 11.7. The summed E-state index contributed by atoms with van der Waals surface area (Å²) in [6, 6.07) is 1.75. The van der Waals surface area contributed by atoms with Gasteiger partial charge in [0.15, 0.2) is 0 Å². The number of nitriles is 1. The van der Waals surface area contributed by atoms with Crippen LogP contribution in [-0.4, -0.2) is 36.5 Å². The van der Waals surface area contributed by atoms with E-state index in [0.29, 0.717) is 0 Å². The van der Waals surface area contributed by atoms with Crippen LogP contribution < -0.4 is 0 Å². The van der Waals surface area contributed by atoms with E-state index in [9.17, 15) is 9.59 Å². The second-order valence-corrected chi connectivity index (χ2v) is 2.93. The molecule has 17 heavy (non-hydrogen) atoms. The van der Waals surface area contributed by atoms with Crippen LogP contribution >= 0.6 is 0 Å². The predicted octanol–water partition coefficient (Wildman–Crippen LogP) is 1.97. The van der Waals surface area contributed by atoms with Crippen molar-refractivity contribution in [3.63, 3.8) is 0 Å². The van der Waals surface area contributed by atoms with Crippen LogP contribution in [0, 0.1) is 11.3 Å². The van der Waals surface area contributed by atoms with E-state index < -0.39 is 11.9 Å². The monoisotopic (exact) mass is 244 g/mol. The SMILES string of the molecule is CC#N.CC(=O)OC(C)=O.CCN(CC)CC. The van der Waals surface area contributed by atoms with E-state index in [0.717, 1.165) is 0 Å². The molecule has 0 fully saturated rings. The summed E-state index contributed by atoms with van der Waals surface area (Å²) >= 11 is 0. The van der Waals surface area contributed by atoms with Crippen molar-refractivity contribution in [1.82, 2.24) is 4.90 Å². The molecular weight excluding hydrogens is 220 g/mol. The molecule has 0 rings (SSSR count). The van der Waals surface area contributed by atoms with Crippen molar-refractivity contribution in [2.45, 2.75) is 41.5 Å². The highest BCUT2D eigenvalue weighted by molar-refractivity contribution is 5.82. The molecule has 100 valence electrons. The Bertz CT molecular complexity index is 213. The number of rotatable bonds is 3. The Morgan fingerprint density at radius 1 is 1.06 bits per heavy atom.